The topological polar surface area (TPSA) is 44.0 Å². The third-order valence-electron chi connectivity index (χ3n) is 4.13. The zero-order chi connectivity index (χ0) is 8.82. The molecule has 0 heterocycles. The lowest BCUT2D eigenvalue weighted by molar-refractivity contribution is 0.0491. The first-order valence-corrected chi connectivity index (χ1v) is 4.68. The summed E-state index contributed by atoms with van der Waals surface area (Å²) >= 11 is 0. The number of hydrogen-bond donors (Lipinski definition) is 1. The molecule has 0 aromatic carbocycles. The first kappa shape index (κ1) is 8.07. The van der Waals surface area contributed by atoms with Crippen molar-refractivity contribution in [3.05, 3.63) is 0 Å². The van der Waals surface area contributed by atoms with Crippen molar-refractivity contribution in [3.63, 3.8) is 0 Å². The van der Waals surface area contributed by atoms with Crippen LogP contribution in [0.4, 0.5) is 0 Å². The quantitative estimate of drug-likeness (QED) is 0.642. The molecule has 2 heteroatoms. The molecule has 0 radical (unpaired) electrons. The van der Waals surface area contributed by atoms with Crippen LogP contribution in [0.15, 0.2) is 0 Å². The van der Waals surface area contributed by atoms with E-state index in [0.717, 1.165) is 19.3 Å². The second kappa shape index (κ2) is 2.23. The minimum Gasteiger partial charge on any atom is -0.396 e. The van der Waals surface area contributed by atoms with E-state index in [0.29, 0.717) is 5.92 Å². The van der Waals surface area contributed by atoms with Gasteiger partial charge in [-0.2, -0.15) is 5.26 Å². The maximum atomic E-state index is 9.36. The standard InChI is InChI=1S/C10H15NO/c1-9(6-11)4-8-2-3-10(9,5-8)7-12/h8,12H,2-5,7H2,1H3. The van der Waals surface area contributed by atoms with Crippen molar-refractivity contribution in [2.24, 2.45) is 16.7 Å². The zero-order valence-electron chi connectivity index (χ0n) is 7.51. The maximum Gasteiger partial charge on any atom is 0.0693 e. The highest BCUT2D eigenvalue weighted by Crippen LogP contribution is 2.63. The Bertz CT molecular complexity index is 245. The van der Waals surface area contributed by atoms with Gasteiger partial charge in [-0.05, 0) is 38.5 Å². The number of nitrogens with zero attached hydrogens (tertiary/aromatic N) is 1. The van der Waals surface area contributed by atoms with Crippen LogP contribution in [-0.2, 0) is 0 Å². The molecule has 2 aliphatic carbocycles. The highest BCUT2D eigenvalue weighted by atomic mass is 16.3. The first-order valence-electron chi connectivity index (χ1n) is 4.68. The fourth-order valence-corrected chi connectivity index (χ4v) is 3.19. The van der Waals surface area contributed by atoms with Crippen molar-refractivity contribution >= 4 is 0 Å². The molecule has 3 atom stereocenters. The monoisotopic (exact) mass is 165 g/mol. The van der Waals surface area contributed by atoms with Gasteiger partial charge in [0.05, 0.1) is 18.1 Å². The van der Waals surface area contributed by atoms with Gasteiger partial charge in [0.1, 0.15) is 0 Å². The fraction of sp³-hybridized carbons (Fsp3) is 0.900. The highest BCUT2D eigenvalue weighted by molar-refractivity contribution is 5.16. The Morgan fingerprint density at radius 3 is 2.75 bits per heavy atom. The summed E-state index contributed by atoms with van der Waals surface area (Å²) in [7, 11) is 0. The molecule has 0 aliphatic heterocycles. The molecule has 2 bridgehead atoms. The lowest BCUT2D eigenvalue weighted by Gasteiger charge is -2.37. The molecule has 0 amide bonds. The summed E-state index contributed by atoms with van der Waals surface area (Å²) in [6.07, 6.45) is 4.35. The van der Waals surface area contributed by atoms with Crippen LogP contribution in [-0.4, -0.2) is 11.7 Å². The van der Waals surface area contributed by atoms with E-state index in [4.69, 9.17) is 5.26 Å². The minimum absolute atomic E-state index is 0.0492. The van der Waals surface area contributed by atoms with Crippen molar-refractivity contribution in [1.82, 2.24) is 0 Å². The van der Waals surface area contributed by atoms with E-state index < -0.39 is 0 Å². The molecule has 3 unspecified atom stereocenters. The van der Waals surface area contributed by atoms with Gasteiger partial charge in [0.2, 0.25) is 0 Å². The molecule has 0 aromatic rings. The van der Waals surface area contributed by atoms with E-state index in [1.165, 1.54) is 6.42 Å². The second-order valence-electron chi connectivity index (χ2n) is 4.70. The summed E-state index contributed by atoms with van der Waals surface area (Å²) in [5, 5.41) is 18.4. The van der Waals surface area contributed by atoms with Crippen LogP contribution in [0.25, 0.3) is 0 Å². The SMILES string of the molecule is CC1(C#N)CC2CCC1(CO)C2. The Balaban J connectivity index is 2.36. The van der Waals surface area contributed by atoms with E-state index in [9.17, 15) is 5.11 Å². The minimum atomic E-state index is -0.245. The van der Waals surface area contributed by atoms with E-state index in [-0.39, 0.29) is 17.4 Å². The van der Waals surface area contributed by atoms with Gasteiger partial charge in [-0.1, -0.05) is 0 Å². The Hall–Kier alpha value is -0.550. The number of fused-ring (bicyclic) bond motifs is 2. The molecule has 2 rings (SSSR count). The van der Waals surface area contributed by atoms with Crippen LogP contribution < -0.4 is 0 Å². The molecular formula is C10H15NO. The van der Waals surface area contributed by atoms with Crippen LogP contribution in [0.5, 0.6) is 0 Å². The van der Waals surface area contributed by atoms with E-state index in [2.05, 4.69) is 6.07 Å². The van der Waals surface area contributed by atoms with Crippen molar-refractivity contribution in [2.75, 3.05) is 6.61 Å². The van der Waals surface area contributed by atoms with Gasteiger partial charge in [0.15, 0.2) is 0 Å². The Labute approximate surface area is 73.2 Å². The summed E-state index contributed by atoms with van der Waals surface area (Å²) in [6, 6.07) is 2.40. The summed E-state index contributed by atoms with van der Waals surface area (Å²) in [5.74, 6) is 0.710. The lowest BCUT2D eigenvalue weighted by Crippen LogP contribution is -2.37. The lowest BCUT2D eigenvalue weighted by atomic mass is 9.65. The summed E-state index contributed by atoms with van der Waals surface area (Å²) in [5.41, 5.74) is -0.295. The van der Waals surface area contributed by atoms with Crippen molar-refractivity contribution in [3.8, 4) is 6.07 Å². The summed E-state index contributed by atoms with van der Waals surface area (Å²) < 4.78 is 0. The van der Waals surface area contributed by atoms with E-state index in [1.807, 2.05) is 6.92 Å². The Kier molecular flexibility index (Phi) is 1.50. The molecule has 12 heavy (non-hydrogen) atoms. The number of nitriles is 1. The van der Waals surface area contributed by atoms with Gasteiger partial charge in [-0.3, -0.25) is 0 Å². The molecule has 2 saturated carbocycles. The average molecular weight is 165 g/mol. The first-order chi connectivity index (χ1) is 5.66. The predicted octanol–water partition coefficient (Wildman–Crippen LogP) is 1.70. The van der Waals surface area contributed by atoms with Gasteiger partial charge in [0.25, 0.3) is 0 Å². The van der Waals surface area contributed by atoms with E-state index in [1.54, 1.807) is 0 Å². The number of aliphatic hydroxyl groups excluding tert-OH is 1. The average Bonchev–Trinajstić information content (AvgIpc) is 2.60. The van der Waals surface area contributed by atoms with Crippen LogP contribution in [0.2, 0.25) is 0 Å². The Morgan fingerprint density at radius 2 is 2.33 bits per heavy atom. The van der Waals surface area contributed by atoms with Crippen LogP contribution in [0, 0.1) is 28.1 Å². The second-order valence-corrected chi connectivity index (χ2v) is 4.70. The molecule has 2 aliphatic rings. The molecule has 1 N–H and O–H groups in total. The molecule has 2 nitrogen and oxygen atoms in total. The van der Waals surface area contributed by atoms with Crippen LogP contribution >= 0.6 is 0 Å². The van der Waals surface area contributed by atoms with Gasteiger partial charge in [0, 0.05) is 5.41 Å². The smallest absolute Gasteiger partial charge is 0.0693 e. The molecule has 0 saturated heterocycles. The Morgan fingerprint density at radius 1 is 1.58 bits per heavy atom. The maximum absolute atomic E-state index is 9.36. The number of hydrogen-bond acceptors (Lipinski definition) is 2. The predicted molar refractivity (Wildman–Crippen MR) is 45.2 cm³/mol. The van der Waals surface area contributed by atoms with Gasteiger partial charge in [-0.15, -0.1) is 0 Å². The summed E-state index contributed by atoms with van der Waals surface area (Å²) in [4.78, 5) is 0. The number of rotatable bonds is 1. The molecule has 0 aromatic heterocycles. The molecule has 2 fully saturated rings. The van der Waals surface area contributed by atoms with Crippen LogP contribution in [0.3, 0.4) is 0 Å². The van der Waals surface area contributed by atoms with Gasteiger partial charge in [-0.25, -0.2) is 0 Å². The largest absolute Gasteiger partial charge is 0.396 e. The van der Waals surface area contributed by atoms with Crippen molar-refractivity contribution in [2.45, 2.75) is 32.6 Å². The van der Waals surface area contributed by atoms with Crippen molar-refractivity contribution < 1.29 is 5.11 Å². The normalized spacial score (nSPS) is 50.9. The van der Waals surface area contributed by atoms with Crippen molar-refractivity contribution in [1.29, 1.82) is 5.26 Å². The molecular weight excluding hydrogens is 150 g/mol. The zero-order valence-corrected chi connectivity index (χ0v) is 7.51. The summed E-state index contributed by atoms with van der Waals surface area (Å²) in [6.45, 7) is 2.22. The highest BCUT2D eigenvalue weighted by Gasteiger charge is 2.59. The third-order valence-corrected chi connectivity index (χ3v) is 4.13. The molecule has 66 valence electrons. The van der Waals surface area contributed by atoms with E-state index >= 15 is 0 Å². The molecule has 0 spiro atoms. The number of aliphatic hydroxyl groups is 1. The van der Waals surface area contributed by atoms with Gasteiger partial charge < -0.3 is 5.11 Å². The van der Waals surface area contributed by atoms with Crippen LogP contribution in [0.1, 0.15) is 32.6 Å². The third kappa shape index (κ3) is 0.728. The van der Waals surface area contributed by atoms with Gasteiger partial charge >= 0.3 is 0 Å². The fourth-order valence-electron chi connectivity index (χ4n) is 3.19.